The summed E-state index contributed by atoms with van der Waals surface area (Å²) in [5.41, 5.74) is -0.479. The summed E-state index contributed by atoms with van der Waals surface area (Å²) < 4.78 is 0. The van der Waals surface area contributed by atoms with E-state index in [0.717, 1.165) is 57.3 Å². The van der Waals surface area contributed by atoms with Crippen molar-refractivity contribution in [3.63, 3.8) is 0 Å². The Hall–Kier alpha value is -1.47. The molecule has 0 aromatic heterocycles. The molecular formula is C23H35N3O4. The topological polar surface area (TPSA) is 104 Å². The molecular weight excluding hydrogens is 382 g/mol. The van der Waals surface area contributed by atoms with Gasteiger partial charge in [0.25, 0.3) is 0 Å². The molecule has 30 heavy (non-hydrogen) atoms. The molecule has 0 aromatic rings. The molecule has 0 bridgehead atoms. The van der Waals surface area contributed by atoms with Crippen molar-refractivity contribution in [3.8, 4) is 0 Å². The van der Waals surface area contributed by atoms with E-state index in [9.17, 15) is 15.1 Å². The second kappa shape index (κ2) is 7.02. The number of rotatable bonds is 2. The van der Waals surface area contributed by atoms with Crippen molar-refractivity contribution in [2.75, 3.05) is 13.1 Å². The van der Waals surface area contributed by atoms with E-state index in [2.05, 4.69) is 29.5 Å². The van der Waals surface area contributed by atoms with Crippen LogP contribution < -0.4 is 5.32 Å². The van der Waals surface area contributed by atoms with Crippen molar-refractivity contribution in [1.82, 2.24) is 5.32 Å². The van der Waals surface area contributed by atoms with Crippen LogP contribution >= 0.6 is 0 Å². The smallest absolute Gasteiger partial charge is 0.141 e. The van der Waals surface area contributed by atoms with Crippen LogP contribution in [0.5, 0.6) is 0 Å². The Kier molecular flexibility index (Phi) is 4.78. The van der Waals surface area contributed by atoms with E-state index in [-0.39, 0.29) is 16.9 Å². The number of nitrogens with zero attached hydrogens (tertiary/aromatic N) is 2. The van der Waals surface area contributed by atoms with Crippen LogP contribution in [0.15, 0.2) is 10.3 Å². The Morgan fingerprint density at radius 3 is 2.70 bits per heavy atom. The lowest BCUT2D eigenvalue weighted by Crippen LogP contribution is -2.66. The lowest BCUT2D eigenvalue weighted by molar-refractivity contribution is -0.146. The molecule has 5 rings (SSSR count). The minimum Gasteiger partial charge on any atom is -0.411 e. The van der Waals surface area contributed by atoms with E-state index >= 15 is 0 Å². The average molecular weight is 418 g/mol. The van der Waals surface area contributed by atoms with E-state index in [0.29, 0.717) is 48.5 Å². The summed E-state index contributed by atoms with van der Waals surface area (Å²) in [7, 11) is 0. The van der Waals surface area contributed by atoms with Gasteiger partial charge < -0.3 is 20.5 Å². The SMILES string of the molecule is C[C@]12CC[C@H]3[C@@H](C/C(=N\O)[C@@]4(O)CC(=NO[C@@H]5CCNC5)CC[C@]34C)[C@@H]1CCC2=O. The first-order valence-electron chi connectivity index (χ1n) is 11.7. The predicted octanol–water partition coefficient (Wildman–Crippen LogP) is 2.89. The Morgan fingerprint density at radius 2 is 1.97 bits per heavy atom. The number of carbonyl (C=O) groups is 1. The van der Waals surface area contributed by atoms with Crippen molar-refractivity contribution in [3.05, 3.63) is 0 Å². The molecule has 0 unspecified atom stereocenters. The van der Waals surface area contributed by atoms with E-state index in [1.807, 2.05) is 0 Å². The maximum atomic E-state index is 12.6. The first-order valence-corrected chi connectivity index (χ1v) is 11.7. The molecule has 7 nitrogen and oxygen atoms in total. The number of fused-ring (bicyclic) bond motifs is 5. The van der Waals surface area contributed by atoms with Gasteiger partial charge in [0.05, 0.1) is 11.4 Å². The molecule has 3 N–H and O–H groups in total. The molecule has 0 aromatic carbocycles. The third kappa shape index (κ3) is 2.73. The Bertz CT molecular complexity index is 791. The molecule has 1 saturated heterocycles. The van der Waals surface area contributed by atoms with E-state index < -0.39 is 5.60 Å². The number of oxime groups is 2. The van der Waals surface area contributed by atoms with Crippen LogP contribution in [0, 0.1) is 28.6 Å². The summed E-state index contributed by atoms with van der Waals surface area (Å²) in [6.07, 6.45) is 7.04. The quantitative estimate of drug-likeness (QED) is 0.473. The summed E-state index contributed by atoms with van der Waals surface area (Å²) in [5.74, 6) is 1.36. The number of carbonyl (C=O) groups excluding carboxylic acids is 1. The van der Waals surface area contributed by atoms with Gasteiger partial charge >= 0.3 is 0 Å². The summed E-state index contributed by atoms with van der Waals surface area (Å²) in [6, 6.07) is 0. The highest BCUT2D eigenvalue weighted by Crippen LogP contribution is 2.65. The lowest BCUT2D eigenvalue weighted by atomic mass is 9.43. The summed E-state index contributed by atoms with van der Waals surface area (Å²) in [6.45, 7) is 6.07. The number of ketones is 1. The van der Waals surface area contributed by atoms with Crippen LogP contribution in [0.2, 0.25) is 0 Å². The highest BCUT2D eigenvalue weighted by atomic mass is 16.6. The molecule has 4 aliphatic carbocycles. The summed E-state index contributed by atoms with van der Waals surface area (Å²) in [4.78, 5) is 18.4. The Balaban J connectivity index is 1.43. The summed E-state index contributed by atoms with van der Waals surface area (Å²) >= 11 is 0. The van der Waals surface area contributed by atoms with Crippen molar-refractivity contribution >= 4 is 17.2 Å². The Labute approximate surface area is 178 Å². The molecule has 1 aliphatic heterocycles. The largest absolute Gasteiger partial charge is 0.411 e. The average Bonchev–Trinajstić information content (AvgIpc) is 3.35. The van der Waals surface area contributed by atoms with Gasteiger partial charge in [0.2, 0.25) is 0 Å². The lowest BCUT2D eigenvalue weighted by Gasteiger charge is -2.62. The molecule has 5 aliphatic rings. The van der Waals surface area contributed by atoms with Crippen LogP contribution in [0.4, 0.5) is 0 Å². The number of hydrogen-bond acceptors (Lipinski definition) is 7. The van der Waals surface area contributed by atoms with Crippen LogP contribution in [0.1, 0.15) is 71.6 Å². The minimum absolute atomic E-state index is 0.0955. The van der Waals surface area contributed by atoms with Crippen LogP contribution in [0.25, 0.3) is 0 Å². The first-order chi connectivity index (χ1) is 14.3. The van der Waals surface area contributed by atoms with Gasteiger partial charge in [0.15, 0.2) is 0 Å². The van der Waals surface area contributed by atoms with Crippen LogP contribution in [-0.4, -0.2) is 52.3 Å². The van der Waals surface area contributed by atoms with Gasteiger partial charge in [0.1, 0.15) is 17.5 Å². The molecule has 1 heterocycles. The van der Waals surface area contributed by atoms with Gasteiger partial charge in [-0.3, -0.25) is 4.79 Å². The molecule has 166 valence electrons. The third-order valence-corrected chi connectivity index (χ3v) is 9.68. The van der Waals surface area contributed by atoms with E-state index in [4.69, 9.17) is 4.84 Å². The van der Waals surface area contributed by atoms with Crippen molar-refractivity contribution < 1.29 is 19.9 Å². The standard InChI is InChI=1S/C23H35N3O4/c1-21-8-6-18-16(17(21)3-4-20(21)27)11-19(25-29)23(28)12-14(5-9-22(18,23)2)26-30-15-7-10-24-13-15/h15-18,24,28-29H,3-13H2,1-2H3/b25-19+,26-14?/t15-,16+,17+,18+,21+,22-,23+/m1/s1. The minimum atomic E-state index is -1.20. The highest BCUT2D eigenvalue weighted by molar-refractivity contribution is 6.00. The van der Waals surface area contributed by atoms with E-state index in [1.165, 1.54) is 0 Å². The zero-order valence-electron chi connectivity index (χ0n) is 18.2. The van der Waals surface area contributed by atoms with Gasteiger partial charge in [-0.1, -0.05) is 24.2 Å². The van der Waals surface area contributed by atoms with Gasteiger partial charge in [0, 0.05) is 36.6 Å². The van der Waals surface area contributed by atoms with Crippen molar-refractivity contribution in [1.29, 1.82) is 0 Å². The van der Waals surface area contributed by atoms with Crippen LogP contribution in [0.3, 0.4) is 0 Å². The zero-order valence-corrected chi connectivity index (χ0v) is 18.2. The zero-order chi connectivity index (χ0) is 21.1. The Morgan fingerprint density at radius 1 is 1.13 bits per heavy atom. The molecule has 4 saturated carbocycles. The number of hydrogen-bond donors (Lipinski definition) is 3. The fourth-order valence-electron chi connectivity index (χ4n) is 7.72. The van der Waals surface area contributed by atoms with E-state index in [1.54, 1.807) is 0 Å². The maximum Gasteiger partial charge on any atom is 0.141 e. The van der Waals surface area contributed by atoms with Crippen molar-refractivity contribution in [2.45, 2.75) is 83.3 Å². The maximum absolute atomic E-state index is 12.6. The molecule has 7 atom stereocenters. The molecule has 0 spiro atoms. The molecule has 5 fully saturated rings. The van der Waals surface area contributed by atoms with Gasteiger partial charge in [-0.05, 0) is 62.8 Å². The molecule has 0 amide bonds. The number of Topliss-reactive ketones (excluding diaryl/α,β-unsaturated/α-hetero) is 1. The van der Waals surface area contributed by atoms with Gasteiger partial charge in [-0.2, -0.15) is 0 Å². The van der Waals surface area contributed by atoms with Crippen LogP contribution in [-0.2, 0) is 9.63 Å². The van der Waals surface area contributed by atoms with Gasteiger partial charge in [-0.15, -0.1) is 0 Å². The number of aliphatic hydroxyl groups is 1. The van der Waals surface area contributed by atoms with Gasteiger partial charge in [-0.25, -0.2) is 0 Å². The second-order valence-electron chi connectivity index (χ2n) is 10.9. The molecule has 0 radical (unpaired) electrons. The second-order valence-corrected chi connectivity index (χ2v) is 10.9. The predicted molar refractivity (Wildman–Crippen MR) is 113 cm³/mol. The third-order valence-electron chi connectivity index (χ3n) is 9.68. The van der Waals surface area contributed by atoms with Crippen molar-refractivity contribution in [2.24, 2.45) is 38.9 Å². The fourth-order valence-corrected chi connectivity index (χ4v) is 7.72. The fraction of sp³-hybridized carbons (Fsp3) is 0.870. The normalized spacial score (nSPS) is 51.0. The highest BCUT2D eigenvalue weighted by Gasteiger charge is 2.66. The summed E-state index contributed by atoms with van der Waals surface area (Å²) in [5, 5.41) is 33.2. The monoisotopic (exact) mass is 417 g/mol. The first kappa shape index (κ1) is 20.4. The molecule has 7 heteroatoms. The number of nitrogens with one attached hydrogen (secondary N) is 1.